The number of aliphatic hydroxyl groups is 1. The largest absolute Gasteiger partial charge is 0.480 e. The van der Waals surface area contributed by atoms with Crippen molar-refractivity contribution in [2.24, 2.45) is 0 Å². The second kappa shape index (κ2) is 7.43. The highest BCUT2D eigenvalue weighted by Gasteiger charge is 2.34. The lowest BCUT2D eigenvalue weighted by molar-refractivity contribution is -0.0768. The van der Waals surface area contributed by atoms with E-state index in [9.17, 15) is 5.11 Å². The molecule has 4 heterocycles. The number of likely N-dealkylation sites (tertiary alicyclic amines) is 1. The van der Waals surface area contributed by atoms with E-state index >= 15 is 0 Å². The molecule has 9 nitrogen and oxygen atoms in total. The summed E-state index contributed by atoms with van der Waals surface area (Å²) in [6, 6.07) is 3.65. The number of nitrogens with zero attached hydrogens (tertiary/aromatic N) is 5. The lowest BCUT2D eigenvalue weighted by Crippen LogP contribution is -2.50. The molecule has 0 bridgehead atoms. The zero-order valence-electron chi connectivity index (χ0n) is 15.0. The molecule has 0 aromatic carbocycles. The minimum Gasteiger partial charge on any atom is -0.480 e. The van der Waals surface area contributed by atoms with Gasteiger partial charge in [-0.25, -0.2) is 0 Å². The van der Waals surface area contributed by atoms with E-state index in [1.807, 2.05) is 6.07 Å². The Labute approximate surface area is 151 Å². The Balaban J connectivity index is 1.40. The molecule has 2 aromatic rings. The molecule has 142 valence electrons. The molecule has 2 aliphatic rings. The predicted molar refractivity (Wildman–Crippen MR) is 92.3 cm³/mol. The molecule has 2 aromatic heterocycles. The molecule has 2 saturated heterocycles. The second-order valence-corrected chi connectivity index (χ2v) is 7.08. The smallest absolute Gasteiger partial charge is 0.231 e. The van der Waals surface area contributed by atoms with E-state index in [0.29, 0.717) is 38.9 Å². The monoisotopic (exact) mass is 363 g/mol. The molecule has 0 aliphatic carbocycles. The third-order valence-corrected chi connectivity index (χ3v) is 5.06. The van der Waals surface area contributed by atoms with Gasteiger partial charge in [-0.2, -0.15) is 4.52 Å². The highest BCUT2D eigenvalue weighted by Crippen LogP contribution is 2.28. The van der Waals surface area contributed by atoms with Crippen molar-refractivity contribution in [1.29, 1.82) is 0 Å². The van der Waals surface area contributed by atoms with Gasteiger partial charge in [-0.3, -0.25) is 0 Å². The van der Waals surface area contributed by atoms with Crippen molar-refractivity contribution in [3.05, 3.63) is 18.0 Å². The molecule has 0 radical (unpaired) electrons. The summed E-state index contributed by atoms with van der Waals surface area (Å²) in [5, 5.41) is 23.7. The van der Waals surface area contributed by atoms with E-state index in [4.69, 9.17) is 14.2 Å². The zero-order chi connectivity index (χ0) is 18.0. The molecule has 0 amide bonds. The summed E-state index contributed by atoms with van der Waals surface area (Å²) >= 11 is 0. The van der Waals surface area contributed by atoms with Crippen molar-refractivity contribution in [2.75, 3.05) is 53.2 Å². The molecule has 2 fully saturated rings. The van der Waals surface area contributed by atoms with Crippen molar-refractivity contribution in [3.8, 4) is 5.88 Å². The van der Waals surface area contributed by atoms with Gasteiger partial charge in [-0.1, -0.05) is 0 Å². The number of hydrogen-bond acceptors (Lipinski definition) is 8. The van der Waals surface area contributed by atoms with Crippen LogP contribution in [0.4, 0.5) is 0 Å². The summed E-state index contributed by atoms with van der Waals surface area (Å²) in [4.78, 5) is 2.27. The molecular formula is C17H25N5O4. The Morgan fingerprint density at radius 2 is 1.92 bits per heavy atom. The van der Waals surface area contributed by atoms with Crippen LogP contribution in [0.5, 0.6) is 5.88 Å². The van der Waals surface area contributed by atoms with Crippen molar-refractivity contribution < 1.29 is 19.3 Å². The number of methoxy groups -OCH3 is 1. The SMILES string of the molecule is COc1ccc2nnc(C3CCN(CC4(O)COCCOC4)CC3)n2n1. The predicted octanol–water partition coefficient (Wildman–Crippen LogP) is 0.0902. The number of fused-ring (bicyclic) bond motifs is 1. The summed E-state index contributed by atoms with van der Waals surface area (Å²) < 4.78 is 17.9. The van der Waals surface area contributed by atoms with Crippen LogP contribution >= 0.6 is 0 Å². The van der Waals surface area contributed by atoms with Crippen LogP contribution in [0.2, 0.25) is 0 Å². The van der Waals surface area contributed by atoms with E-state index < -0.39 is 5.60 Å². The lowest BCUT2D eigenvalue weighted by Gasteiger charge is -2.36. The van der Waals surface area contributed by atoms with E-state index in [-0.39, 0.29) is 5.92 Å². The summed E-state index contributed by atoms with van der Waals surface area (Å²) in [7, 11) is 1.60. The molecular weight excluding hydrogens is 338 g/mol. The van der Waals surface area contributed by atoms with Crippen molar-refractivity contribution in [3.63, 3.8) is 0 Å². The van der Waals surface area contributed by atoms with Gasteiger partial charge >= 0.3 is 0 Å². The number of aromatic nitrogens is 4. The van der Waals surface area contributed by atoms with Crippen molar-refractivity contribution in [1.82, 2.24) is 24.7 Å². The topological polar surface area (TPSA) is 94.2 Å². The average Bonchev–Trinajstić information content (AvgIpc) is 2.96. The molecule has 1 N–H and O–H groups in total. The van der Waals surface area contributed by atoms with Crippen LogP contribution in [0.3, 0.4) is 0 Å². The first-order valence-corrected chi connectivity index (χ1v) is 9.03. The van der Waals surface area contributed by atoms with Gasteiger partial charge in [-0.15, -0.1) is 15.3 Å². The van der Waals surface area contributed by atoms with Gasteiger partial charge in [0.2, 0.25) is 5.88 Å². The molecule has 0 saturated carbocycles. The summed E-state index contributed by atoms with van der Waals surface area (Å²) in [6.45, 7) is 4.06. The molecule has 0 unspecified atom stereocenters. The van der Waals surface area contributed by atoms with Crippen molar-refractivity contribution >= 4 is 5.65 Å². The average molecular weight is 363 g/mol. The number of piperidine rings is 1. The highest BCUT2D eigenvalue weighted by molar-refractivity contribution is 5.38. The second-order valence-electron chi connectivity index (χ2n) is 7.08. The van der Waals surface area contributed by atoms with Crippen LogP contribution in [0.25, 0.3) is 5.65 Å². The van der Waals surface area contributed by atoms with Crippen LogP contribution in [0.1, 0.15) is 24.6 Å². The van der Waals surface area contributed by atoms with E-state index in [0.717, 1.165) is 37.4 Å². The number of hydrogen-bond donors (Lipinski definition) is 1. The Kier molecular flexibility index (Phi) is 5.03. The third kappa shape index (κ3) is 3.66. The Bertz CT molecular complexity index is 736. The third-order valence-electron chi connectivity index (χ3n) is 5.06. The molecule has 0 spiro atoms. The Morgan fingerprint density at radius 3 is 2.62 bits per heavy atom. The zero-order valence-corrected chi connectivity index (χ0v) is 15.0. The molecule has 4 rings (SSSR count). The molecule has 26 heavy (non-hydrogen) atoms. The quantitative estimate of drug-likeness (QED) is 0.817. The van der Waals surface area contributed by atoms with Gasteiger partial charge < -0.3 is 24.2 Å². The maximum atomic E-state index is 10.7. The van der Waals surface area contributed by atoms with Gasteiger partial charge in [0.1, 0.15) is 5.60 Å². The molecule has 9 heteroatoms. The van der Waals surface area contributed by atoms with Crippen LogP contribution in [0.15, 0.2) is 12.1 Å². The van der Waals surface area contributed by atoms with E-state index in [1.54, 1.807) is 17.7 Å². The Hall–Kier alpha value is -1.81. The van der Waals surface area contributed by atoms with Crippen LogP contribution in [0, 0.1) is 0 Å². The van der Waals surface area contributed by atoms with E-state index in [1.165, 1.54) is 0 Å². The molecule has 2 aliphatic heterocycles. The highest BCUT2D eigenvalue weighted by atomic mass is 16.6. The lowest BCUT2D eigenvalue weighted by atomic mass is 9.94. The summed E-state index contributed by atoms with van der Waals surface area (Å²) in [5.41, 5.74) is -0.204. The van der Waals surface area contributed by atoms with Crippen LogP contribution in [-0.2, 0) is 9.47 Å². The fraction of sp³-hybridized carbons (Fsp3) is 0.706. The first kappa shape index (κ1) is 17.6. The minimum absolute atomic E-state index is 0.289. The maximum Gasteiger partial charge on any atom is 0.231 e. The Morgan fingerprint density at radius 1 is 1.19 bits per heavy atom. The summed E-state index contributed by atoms with van der Waals surface area (Å²) in [5.74, 6) is 1.71. The number of rotatable bonds is 4. The number of ether oxygens (including phenoxy) is 3. The van der Waals surface area contributed by atoms with Crippen molar-refractivity contribution in [2.45, 2.75) is 24.4 Å². The normalized spacial score (nSPS) is 22.4. The van der Waals surface area contributed by atoms with Gasteiger partial charge in [-0.05, 0) is 32.0 Å². The maximum absolute atomic E-state index is 10.7. The van der Waals surface area contributed by atoms with Gasteiger partial charge in [0.15, 0.2) is 11.5 Å². The molecule has 0 atom stereocenters. The first-order valence-electron chi connectivity index (χ1n) is 9.03. The van der Waals surface area contributed by atoms with E-state index in [2.05, 4.69) is 20.2 Å². The first-order chi connectivity index (χ1) is 12.7. The van der Waals surface area contributed by atoms with Gasteiger partial charge in [0, 0.05) is 18.5 Å². The van der Waals surface area contributed by atoms with Gasteiger partial charge in [0.25, 0.3) is 0 Å². The standard InChI is InChI=1S/C17H25N5O4/c1-24-15-3-2-14-18-19-16(22(14)20-15)13-4-6-21(7-5-13)10-17(23)11-25-8-9-26-12-17/h2-3,13,23H,4-12H2,1H3. The van der Waals surface area contributed by atoms with Gasteiger partial charge in [0.05, 0.1) is 33.5 Å². The fourth-order valence-corrected chi connectivity index (χ4v) is 3.69. The minimum atomic E-state index is -0.931. The summed E-state index contributed by atoms with van der Waals surface area (Å²) in [6.07, 6.45) is 1.88. The van der Waals surface area contributed by atoms with Crippen LogP contribution < -0.4 is 4.74 Å². The number of β-amino-alcohol motifs (C(OH)–C–C–N with tert-alkyl or cyclic N) is 1. The fourth-order valence-electron chi connectivity index (χ4n) is 3.69. The van der Waals surface area contributed by atoms with Crippen LogP contribution in [-0.4, -0.2) is 88.6 Å².